The summed E-state index contributed by atoms with van der Waals surface area (Å²) < 4.78 is 1.07. The van der Waals surface area contributed by atoms with Crippen LogP contribution in [0.2, 0.25) is 0 Å². The molecule has 0 saturated heterocycles. The third kappa shape index (κ3) is 5.80. The van der Waals surface area contributed by atoms with Crippen LogP contribution in [0.15, 0.2) is 40.4 Å². The molecule has 0 amide bonds. The third-order valence-electron chi connectivity index (χ3n) is 2.20. The van der Waals surface area contributed by atoms with Gasteiger partial charge >= 0.3 is 0 Å². The van der Waals surface area contributed by atoms with Crippen LogP contribution >= 0.6 is 40.3 Å². The highest BCUT2D eigenvalue weighted by molar-refractivity contribution is 9.10. The molecular weight excluding hydrogens is 316 g/mol. The van der Waals surface area contributed by atoms with Crippen LogP contribution in [0, 0.1) is 0 Å². The topological polar surface area (TPSA) is 17.1 Å². The Labute approximate surface area is 121 Å². The van der Waals surface area contributed by atoms with E-state index in [0.29, 0.717) is 0 Å². The summed E-state index contributed by atoms with van der Waals surface area (Å²) in [6.07, 6.45) is 2.78. The lowest BCUT2D eigenvalue weighted by molar-refractivity contribution is -0.107. The van der Waals surface area contributed by atoms with Crippen LogP contribution in [0.4, 0.5) is 0 Å². The molecule has 0 atom stereocenters. The van der Waals surface area contributed by atoms with Crippen molar-refractivity contribution >= 4 is 45.4 Å². The minimum atomic E-state index is 0.149. The highest BCUT2D eigenvalue weighted by Gasteiger charge is 2.03. The predicted octanol–water partition coefficient (Wildman–Crippen LogP) is 4.13. The lowest BCUT2D eigenvalue weighted by Crippen LogP contribution is -1.96. The van der Waals surface area contributed by atoms with Gasteiger partial charge in [-0.25, -0.2) is 0 Å². The Hall–Kier alpha value is -0.190. The van der Waals surface area contributed by atoms with Crippen molar-refractivity contribution in [1.29, 1.82) is 0 Å². The molecular formula is C13H15BrOS2. The van der Waals surface area contributed by atoms with E-state index in [-0.39, 0.29) is 5.12 Å². The molecule has 1 rings (SSSR count). The summed E-state index contributed by atoms with van der Waals surface area (Å²) in [6.45, 7) is 1.87. The molecule has 0 aliphatic heterocycles. The minimum Gasteiger partial charge on any atom is -0.282 e. The SMILES string of the molecule is C/C(=C\Cc1ccc(Br)cc1)C(=O)SCCS. The first-order valence-electron chi connectivity index (χ1n) is 5.32. The van der Waals surface area contributed by atoms with Gasteiger partial charge in [-0.1, -0.05) is 45.9 Å². The van der Waals surface area contributed by atoms with Crippen molar-refractivity contribution in [3.8, 4) is 0 Å². The predicted molar refractivity (Wildman–Crippen MR) is 82.9 cm³/mol. The lowest BCUT2D eigenvalue weighted by atomic mass is 10.1. The minimum absolute atomic E-state index is 0.149. The number of allylic oxidation sites excluding steroid dienone is 1. The summed E-state index contributed by atoms with van der Waals surface area (Å²) in [5.74, 6) is 1.50. The molecule has 0 aliphatic rings. The van der Waals surface area contributed by atoms with Crippen molar-refractivity contribution < 1.29 is 4.79 Å². The van der Waals surface area contributed by atoms with Gasteiger partial charge in [0.2, 0.25) is 5.12 Å². The second kappa shape index (κ2) is 8.01. The van der Waals surface area contributed by atoms with Crippen LogP contribution in [0.5, 0.6) is 0 Å². The number of carbonyl (C=O) groups excluding carboxylic acids is 1. The molecule has 0 unspecified atom stereocenters. The molecule has 0 bridgehead atoms. The van der Waals surface area contributed by atoms with Crippen molar-refractivity contribution in [3.05, 3.63) is 46.0 Å². The maximum atomic E-state index is 11.6. The quantitative estimate of drug-likeness (QED) is 0.645. The highest BCUT2D eigenvalue weighted by atomic mass is 79.9. The fraction of sp³-hybridized carbons (Fsp3) is 0.308. The van der Waals surface area contributed by atoms with Crippen LogP contribution in [0.25, 0.3) is 0 Å². The molecule has 0 aliphatic carbocycles. The molecule has 0 N–H and O–H groups in total. The zero-order valence-electron chi connectivity index (χ0n) is 9.65. The number of thiol groups is 1. The van der Waals surface area contributed by atoms with E-state index in [1.807, 2.05) is 25.1 Å². The third-order valence-corrected chi connectivity index (χ3v) is 4.25. The van der Waals surface area contributed by atoms with Gasteiger partial charge in [-0.15, -0.1) is 0 Å². The highest BCUT2D eigenvalue weighted by Crippen LogP contribution is 2.14. The van der Waals surface area contributed by atoms with Gasteiger partial charge in [-0.3, -0.25) is 4.79 Å². The van der Waals surface area contributed by atoms with E-state index in [1.54, 1.807) is 0 Å². The number of thioether (sulfide) groups is 1. The summed E-state index contributed by atoms with van der Waals surface area (Å²) in [5.41, 5.74) is 2.03. The Balaban J connectivity index is 2.52. The molecule has 1 aromatic rings. The molecule has 92 valence electrons. The van der Waals surface area contributed by atoms with Crippen molar-refractivity contribution in [2.75, 3.05) is 11.5 Å². The van der Waals surface area contributed by atoms with Crippen LogP contribution < -0.4 is 0 Å². The molecule has 0 heterocycles. The molecule has 1 aromatic carbocycles. The maximum absolute atomic E-state index is 11.6. The van der Waals surface area contributed by atoms with Gasteiger partial charge in [0.1, 0.15) is 0 Å². The summed E-state index contributed by atoms with van der Waals surface area (Å²) in [5, 5.41) is 0.149. The molecule has 0 aromatic heterocycles. The van der Waals surface area contributed by atoms with Gasteiger partial charge in [-0.2, -0.15) is 12.6 Å². The summed E-state index contributed by atoms with van der Waals surface area (Å²) >= 11 is 8.81. The first-order valence-corrected chi connectivity index (χ1v) is 7.74. The van der Waals surface area contributed by atoms with E-state index >= 15 is 0 Å². The first-order chi connectivity index (χ1) is 8.13. The summed E-state index contributed by atoms with van der Waals surface area (Å²) in [7, 11) is 0. The van der Waals surface area contributed by atoms with Crippen LogP contribution in [-0.4, -0.2) is 16.6 Å². The average Bonchev–Trinajstić information content (AvgIpc) is 2.34. The van der Waals surface area contributed by atoms with Crippen molar-refractivity contribution in [3.63, 3.8) is 0 Å². The van der Waals surface area contributed by atoms with Gasteiger partial charge in [-0.05, 0) is 42.4 Å². The Bertz CT molecular complexity index is 398. The van der Waals surface area contributed by atoms with E-state index in [9.17, 15) is 4.79 Å². The Morgan fingerprint density at radius 1 is 1.41 bits per heavy atom. The smallest absolute Gasteiger partial charge is 0.214 e. The maximum Gasteiger partial charge on any atom is 0.214 e. The van der Waals surface area contributed by atoms with E-state index < -0.39 is 0 Å². The van der Waals surface area contributed by atoms with E-state index in [1.165, 1.54) is 17.3 Å². The molecule has 4 heteroatoms. The van der Waals surface area contributed by atoms with Crippen molar-refractivity contribution in [2.24, 2.45) is 0 Å². The fourth-order valence-electron chi connectivity index (χ4n) is 1.23. The zero-order chi connectivity index (χ0) is 12.7. The van der Waals surface area contributed by atoms with Gasteiger partial charge in [0, 0.05) is 10.2 Å². The van der Waals surface area contributed by atoms with Crippen LogP contribution in [0.1, 0.15) is 12.5 Å². The molecule has 1 nitrogen and oxygen atoms in total. The fourth-order valence-corrected chi connectivity index (χ4v) is 2.35. The molecule has 0 fully saturated rings. The van der Waals surface area contributed by atoms with Gasteiger partial charge in [0.15, 0.2) is 0 Å². The lowest BCUT2D eigenvalue weighted by Gasteiger charge is -2.00. The monoisotopic (exact) mass is 330 g/mol. The second-order valence-corrected chi connectivity index (χ2v) is 6.01. The number of hydrogen-bond acceptors (Lipinski definition) is 3. The first kappa shape index (κ1) is 14.9. The summed E-state index contributed by atoms with van der Waals surface area (Å²) in [6, 6.07) is 8.13. The van der Waals surface area contributed by atoms with Gasteiger partial charge in [0.05, 0.1) is 0 Å². The molecule has 17 heavy (non-hydrogen) atoms. The van der Waals surface area contributed by atoms with Gasteiger partial charge < -0.3 is 0 Å². The number of carbonyl (C=O) groups is 1. The summed E-state index contributed by atoms with van der Waals surface area (Å²) in [4.78, 5) is 11.6. The van der Waals surface area contributed by atoms with E-state index in [2.05, 4.69) is 40.7 Å². The molecule has 0 spiro atoms. The van der Waals surface area contributed by atoms with Crippen molar-refractivity contribution in [1.82, 2.24) is 0 Å². The zero-order valence-corrected chi connectivity index (χ0v) is 12.9. The van der Waals surface area contributed by atoms with E-state index in [4.69, 9.17) is 0 Å². The normalized spacial score (nSPS) is 11.6. The Morgan fingerprint density at radius 2 is 2.06 bits per heavy atom. The Morgan fingerprint density at radius 3 is 2.65 bits per heavy atom. The van der Waals surface area contributed by atoms with Crippen molar-refractivity contribution in [2.45, 2.75) is 13.3 Å². The van der Waals surface area contributed by atoms with Crippen LogP contribution in [-0.2, 0) is 11.2 Å². The number of rotatable bonds is 5. The number of benzene rings is 1. The molecule has 0 saturated carbocycles. The largest absolute Gasteiger partial charge is 0.282 e. The number of halogens is 1. The Kier molecular flexibility index (Phi) is 7.00. The standard InChI is InChI=1S/C13H15BrOS2/c1-10(13(15)17-9-8-16)2-3-11-4-6-12(14)7-5-11/h2,4-7,16H,3,8-9H2,1H3/b10-2+. The van der Waals surface area contributed by atoms with Crippen LogP contribution in [0.3, 0.4) is 0 Å². The average molecular weight is 331 g/mol. The van der Waals surface area contributed by atoms with Gasteiger partial charge in [0.25, 0.3) is 0 Å². The molecule has 0 radical (unpaired) electrons. The van der Waals surface area contributed by atoms with E-state index in [0.717, 1.165) is 28.0 Å². The second-order valence-electron chi connectivity index (χ2n) is 3.58. The number of hydrogen-bond donors (Lipinski definition) is 1.